The lowest BCUT2D eigenvalue weighted by Crippen LogP contribution is -2.25. The summed E-state index contributed by atoms with van der Waals surface area (Å²) in [5.41, 5.74) is 0. The van der Waals surface area contributed by atoms with E-state index < -0.39 is 0 Å². The number of rotatable bonds is 6. The Morgan fingerprint density at radius 1 is 1.38 bits per heavy atom. The first-order chi connectivity index (χ1) is 6.36. The highest BCUT2D eigenvalue weighted by molar-refractivity contribution is 4.76. The predicted octanol–water partition coefficient (Wildman–Crippen LogP) is 1.72. The maximum atomic E-state index is 3.27. The van der Waals surface area contributed by atoms with Gasteiger partial charge in [0, 0.05) is 6.54 Å². The molecule has 2 heteroatoms. The Labute approximate surface area is 82.7 Å². The zero-order chi connectivity index (χ0) is 9.52. The van der Waals surface area contributed by atoms with Crippen molar-refractivity contribution < 1.29 is 0 Å². The minimum Gasteiger partial charge on any atom is -0.319 e. The average Bonchev–Trinajstić information content (AvgIpc) is 2.54. The fourth-order valence-corrected chi connectivity index (χ4v) is 2.16. The lowest BCUT2D eigenvalue weighted by atomic mass is 10.1. The fourth-order valence-electron chi connectivity index (χ4n) is 2.16. The number of nitrogens with zero attached hydrogens (tertiary/aromatic N) is 1. The first-order valence-corrected chi connectivity index (χ1v) is 5.73. The van der Waals surface area contributed by atoms with Gasteiger partial charge in [-0.25, -0.2) is 0 Å². The zero-order valence-electron chi connectivity index (χ0n) is 9.18. The van der Waals surface area contributed by atoms with Gasteiger partial charge in [-0.1, -0.05) is 19.8 Å². The van der Waals surface area contributed by atoms with Crippen LogP contribution in [0.2, 0.25) is 0 Å². The van der Waals surface area contributed by atoms with Crippen molar-refractivity contribution in [2.75, 3.05) is 33.2 Å². The number of hydrogen-bond donors (Lipinski definition) is 1. The normalized spacial score (nSPS) is 24.0. The molecule has 78 valence electrons. The van der Waals surface area contributed by atoms with Gasteiger partial charge in [0.15, 0.2) is 0 Å². The molecule has 1 N–H and O–H groups in total. The number of likely N-dealkylation sites (tertiary alicyclic amines) is 1. The van der Waals surface area contributed by atoms with Gasteiger partial charge in [0.05, 0.1) is 0 Å². The molecule has 1 atom stereocenters. The molecule has 2 nitrogen and oxygen atoms in total. The quantitative estimate of drug-likeness (QED) is 0.632. The summed E-state index contributed by atoms with van der Waals surface area (Å²) < 4.78 is 0. The maximum Gasteiger partial charge on any atom is 0.00223 e. The Kier molecular flexibility index (Phi) is 5.40. The second kappa shape index (κ2) is 6.39. The summed E-state index contributed by atoms with van der Waals surface area (Å²) >= 11 is 0. The van der Waals surface area contributed by atoms with E-state index in [9.17, 15) is 0 Å². The van der Waals surface area contributed by atoms with Crippen LogP contribution < -0.4 is 5.32 Å². The molecule has 1 fully saturated rings. The predicted molar refractivity (Wildman–Crippen MR) is 58.0 cm³/mol. The third kappa shape index (κ3) is 4.10. The average molecular weight is 184 g/mol. The summed E-state index contributed by atoms with van der Waals surface area (Å²) in [4.78, 5) is 2.62. The van der Waals surface area contributed by atoms with E-state index >= 15 is 0 Å². The van der Waals surface area contributed by atoms with Crippen LogP contribution in [0.4, 0.5) is 0 Å². The van der Waals surface area contributed by atoms with E-state index in [0.717, 1.165) is 5.92 Å². The monoisotopic (exact) mass is 184 g/mol. The van der Waals surface area contributed by atoms with Crippen LogP contribution in [0.25, 0.3) is 0 Å². The number of nitrogens with one attached hydrogen (secondary N) is 1. The molecule has 0 spiro atoms. The molecule has 1 rings (SSSR count). The lowest BCUT2D eigenvalue weighted by molar-refractivity contribution is 0.315. The second-order valence-corrected chi connectivity index (χ2v) is 4.22. The molecule has 0 aromatic heterocycles. The third-order valence-electron chi connectivity index (χ3n) is 2.94. The van der Waals surface area contributed by atoms with E-state index in [1.54, 1.807) is 0 Å². The molecule has 0 radical (unpaired) electrons. The van der Waals surface area contributed by atoms with Gasteiger partial charge in [-0.15, -0.1) is 0 Å². The Balaban J connectivity index is 2.03. The lowest BCUT2D eigenvalue weighted by Gasteiger charge is -2.15. The van der Waals surface area contributed by atoms with Crippen LogP contribution in [0.1, 0.15) is 32.6 Å². The summed E-state index contributed by atoms with van der Waals surface area (Å²) in [5.74, 6) is 0.909. The van der Waals surface area contributed by atoms with Crippen LogP contribution in [0, 0.1) is 5.92 Å². The highest BCUT2D eigenvalue weighted by Crippen LogP contribution is 2.15. The molecular weight excluding hydrogens is 160 g/mol. The van der Waals surface area contributed by atoms with E-state index in [1.807, 2.05) is 0 Å². The molecule has 0 amide bonds. The topological polar surface area (TPSA) is 15.3 Å². The van der Waals surface area contributed by atoms with E-state index in [0.29, 0.717) is 0 Å². The molecule has 1 unspecified atom stereocenters. The third-order valence-corrected chi connectivity index (χ3v) is 2.94. The number of hydrogen-bond acceptors (Lipinski definition) is 2. The van der Waals surface area contributed by atoms with Gasteiger partial charge in [-0.3, -0.25) is 0 Å². The van der Waals surface area contributed by atoms with Crippen molar-refractivity contribution in [1.82, 2.24) is 10.2 Å². The highest BCUT2D eigenvalue weighted by Gasteiger charge is 2.20. The van der Waals surface area contributed by atoms with Crippen molar-refractivity contribution in [3.05, 3.63) is 0 Å². The molecule has 1 saturated heterocycles. The zero-order valence-corrected chi connectivity index (χ0v) is 9.18. The fraction of sp³-hybridized carbons (Fsp3) is 1.00. The van der Waals surface area contributed by atoms with Crippen molar-refractivity contribution in [2.24, 2.45) is 5.92 Å². The van der Waals surface area contributed by atoms with Gasteiger partial charge < -0.3 is 10.2 Å². The minimum atomic E-state index is 0.909. The molecule has 1 heterocycles. The van der Waals surface area contributed by atoms with Crippen LogP contribution in [-0.2, 0) is 0 Å². The van der Waals surface area contributed by atoms with Crippen molar-refractivity contribution in [2.45, 2.75) is 32.6 Å². The van der Waals surface area contributed by atoms with Gasteiger partial charge in [0.2, 0.25) is 0 Å². The largest absolute Gasteiger partial charge is 0.319 e. The summed E-state index contributed by atoms with van der Waals surface area (Å²) in [6.45, 7) is 7.45. The van der Waals surface area contributed by atoms with Gasteiger partial charge in [0.1, 0.15) is 0 Å². The molecule has 13 heavy (non-hydrogen) atoms. The Bertz CT molecular complexity index is 125. The van der Waals surface area contributed by atoms with Gasteiger partial charge >= 0.3 is 0 Å². The molecular formula is C11H24N2. The van der Waals surface area contributed by atoms with Gasteiger partial charge in [0.25, 0.3) is 0 Å². The standard InChI is InChI=1S/C11H24N2/c1-3-4-5-7-13-8-6-11(10-13)9-12-2/h11-12H,3-10H2,1-2H3. The van der Waals surface area contributed by atoms with Gasteiger partial charge in [-0.2, -0.15) is 0 Å². The summed E-state index contributed by atoms with van der Waals surface area (Å²) in [5, 5.41) is 3.27. The Morgan fingerprint density at radius 3 is 2.92 bits per heavy atom. The van der Waals surface area contributed by atoms with Crippen molar-refractivity contribution in [1.29, 1.82) is 0 Å². The van der Waals surface area contributed by atoms with Crippen LogP contribution in [-0.4, -0.2) is 38.1 Å². The van der Waals surface area contributed by atoms with Gasteiger partial charge in [-0.05, 0) is 45.4 Å². The highest BCUT2D eigenvalue weighted by atomic mass is 15.1. The first-order valence-electron chi connectivity index (χ1n) is 5.73. The molecule has 0 bridgehead atoms. The molecule has 1 aliphatic heterocycles. The summed E-state index contributed by atoms with van der Waals surface area (Å²) in [6, 6.07) is 0. The second-order valence-electron chi connectivity index (χ2n) is 4.22. The summed E-state index contributed by atoms with van der Waals surface area (Å²) in [7, 11) is 2.06. The minimum absolute atomic E-state index is 0.909. The first kappa shape index (κ1) is 11.0. The maximum absolute atomic E-state index is 3.27. The van der Waals surface area contributed by atoms with Crippen LogP contribution in [0.5, 0.6) is 0 Å². The van der Waals surface area contributed by atoms with Crippen LogP contribution >= 0.6 is 0 Å². The summed E-state index contributed by atoms with van der Waals surface area (Å²) in [6.07, 6.45) is 5.52. The molecule has 0 aliphatic carbocycles. The van der Waals surface area contributed by atoms with Crippen LogP contribution in [0.15, 0.2) is 0 Å². The van der Waals surface area contributed by atoms with Crippen molar-refractivity contribution >= 4 is 0 Å². The van der Waals surface area contributed by atoms with Crippen molar-refractivity contribution in [3.63, 3.8) is 0 Å². The van der Waals surface area contributed by atoms with E-state index in [4.69, 9.17) is 0 Å². The number of unbranched alkanes of at least 4 members (excludes halogenated alkanes) is 2. The SMILES string of the molecule is CCCCCN1CCC(CNC)C1. The molecule has 0 saturated carbocycles. The molecule has 0 aromatic carbocycles. The Morgan fingerprint density at radius 2 is 2.23 bits per heavy atom. The van der Waals surface area contributed by atoms with E-state index in [1.165, 1.54) is 51.9 Å². The Hall–Kier alpha value is -0.0800. The van der Waals surface area contributed by atoms with E-state index in [-0.39, 0.29) is 0 Å². The molecule has 1 aliphatic rings. The van der Waals surface area contributed by atoms with Crippen LogP contribution in [0.3, 0.4) is 0 Å². The van der Waals surface area contributed by atoms with Crippen molar-refractivity contribution in [3.8, 4) is 0 Å². The van der Waals surface area contributed by atoms with E-state index in [2.05, 4.69) is 24.2 Å². The molecule has 0 aromatic rings. The smallest absolute Gasteiger partial charge is 0.00223 e.